The second-order valence-corrected chi connectivity index (χ2v) is 8.40. The number of allylic oxidation sites excluding steroid dienone is 2. The number of esters is 2. The molecule has 0 aromatic rings. The van der Waals surface area contributed by atoms with Crippen molar-refractivity contribution in [2.24, 2.45) is 23.7 Å². The van der Waals surface area contributed by atoms with Crippen LogP contribution in [0.4, 0.5) is 0 Å². The van der Waals surface area contributed by atoms with Crippen LogP contribution in [0.2, 0.25) is 0 Å². The van der Waals surface area contributed by atoms with Gasteiger partial charge in [-0.2, -0.15) is 0 Å². The van der Waals surface area contributed by atoms with Gasteiger partial charge in [-0.1, -0.05) is 24.3 Å². The van der Waals surface area contributed by atoms with Crippen molar-refractivity contribution in [2.45, 2.75) is 63.6 Å². The highest BCUT2D eigenvalue weighted by atomic mass is 16.6. The molecular formula is C22H30O5. The summed E-state index contributed by atoms with van der Waals surface area (Å²) in [5.41, 5.74) is 0. The summed E-state index contributed by atoms with van der Waals surface area (Å²) in [6, 6.07) is 0. The van der Waals surface area contributed by atoms with Gasteiger partial charge in [0.25, 0.3) is 0 Å². The van der Waals surface area contributed by atoms with Crippen LogP contribution in [0.15, 0.2) is 24.3 Å². The molecule has 4 rings (SSSR count). The zero-order chi connectivity index (χ0) is 18.6. The van der Waals surface area contributed by atoms with Gasteiger partial charge < -0.3 is 14.2 Å². The van der Waals surface area contributed by atoms with Crippen molar-refractivity contribution in [2.75, 3.05) is 13.2 Å². The normalized spacial score (nSPS) is 37.3. The Morgan fingerprint density at radius 2 is 1.30 bits per heavy atom. The quantitative estimate of drug-likeness (QED) is 0.404. The van der Waals surface area contributed by atoms with E-state index in [1.165, 1.54) is 0 Å². The van der Waals surface area contributed by atoms with Crippen molar-refractivity contribution in [3.8, 4) is 0 Å². The lowest BCUT2D eigenvalue weighted by Crippen LogP contribution is -2.38. The average molecular weight is 374 g/mol. The van der Waals surface area contributed by atoms with Gasteiger partial charge >= 0.3 is 11.9 Å². The molecule has 1 saturated heterocycles. The monoisotopic (exact) mass is 374 g/mol. The van der Waals surface area contributed by atoms with E-state index in [9.17, 15) is 9.59 Å². The molecule has 148 valence electrons. The van der Waals surface area contributed by atoms with Crippen LogP contribution in [-0.2, 0) is 23.8 Å². The van der Waals surface area contributed by atoms with Gasteiger partial charge in [-0.3, -0.25) is 9.59 Å². The Balaban J connectivity index is 1.31. The smallest absolute Gasteiger partial charge is 0.309 e. The van der Waals surface area contributed by atoms with Crippen LogP contribution in [-0.4, -0.2) is 37.4 Å². The summed E-state index contributed by atoms with van der Waals surface area (Å²) in [5.74, 6) is -0.782. The van der Waals surface area contributed by atoms with E-state index >= 15 is 0 Å². The summed E-state index contributed by atoms with van der Waals surface area (Å²) in [7, 11) is 0. The Kier molecular flexibility index (Phi) is 5.96. The number of rotatable bonds is 6. The first kappa shape index (κ1) is 18.7. The molecule has 0 spiro atoms. The molecule has 1 aliphatic heterocycles. The fraction of sp³-hybridized carbons (Fsp3) is 0.727. The standard InChI is InChI=1S/C22H30O5/c23-21(25-13-15-7-3-1-4-8-15)17-11-19-20(27-19)12-18(17)22(24)26-14-16-9-5-2-6-10-16/h3,5,7,9,15-20H,1-2,4,6,8,10-14H2. The first-order chi connectivity index (χ1) is 13.2. The van der Waals surface area contributed by atoms with E-state index in [0.717, 1.165) is 38.5 Å². The number of epoxide rings is 1. The Labute approximate surface area is 161 Å². The predicted octanol–water partition coefficient (Wildman–Crippen LogP) is 3.58. The first-order valence-corrected chi connectivity index (χ1v) is 10.5. The fourth-order valence-electron chi connectivity index (χ4n) is 4.58. The lowest BCUT2D eigenvalue weighted by Gasteiger charge is -2.27. The van der Waals surface area contributed by atoms with Gasteiger partial charge in [0.2, 0.25) is 0 Å². The van der Waals surface area contributed by atoms with Crippen LogP contribution in [0.3, 0.4) is 0 Å². The Morgan fingerprint density at radius 3 is 1.70 bits per heavy atom. The molecule has 5 nitrogen and oxygen atoms in total. The Hall–Kier alpha value is -1.62. The van der Waals surface area contributed by atoms with E-state index in [0.29, 0.717) is 37.9 Å². The first-order valence-electron chi connectivity index (χ1n) is 10.5. The van der Waals surface area contributed by atoms with Crippen molar-refractivity contribution in [1.82, 2.24) is 0 Å². The van der Waals surface area contributed by atoms with Crippen LogP contribution in [0.5, 0.6) is 0 Å². The second-order valence-electron chi connectivity index (χ2n) is 8.40. The lowest BCUT2D eigenvalue weighted by molar-refractivity contribution is -0.163. The topological polar surface area (TPSA) is 65.1 Å². The molecule has 0 aromatic carbocycles. The Bertz CT molecular complexity index is 558. The molecule has 1 heterocycles. The van der Waals surface area contributed by atoms with Crippen LogP contribution < -0.4 is 0 Å². The number of carbonyl (C=O) groups excluding carboxylic acids is 2. The molecule has 4 aliphatic rings. The van der Waals surface area contributed by atoms with E-state index in [-0.39, 0.29) is 24.1 Å². The predicted molar refractivity (Wildman–Crippen MR) is 99.8 cm³/mol. The molecule has 1 saturated carbocycles. The highest BCUT2D eigenvalue weighted by Gasteiger charge is 2.53. The van der Waals surface area contributed by atoms with Gasteiger partial charge in [0, 0.05) is 11.8 Å². The molecule has 6 atom stereocenters. The van der Waals surface area contributed by atoms with E-state index in [2.05, 4.69) is 24.3 Å². The summed E-state index contributed by atoms with van der Waals surface area (Å²) in [6.07, 6.45) is 16.6. The zero-order valence-electron chi connectivity index (χ0n) is 15.9. The second kappa shape index (κ2) is 8.59. The highest BCUT2D eigenvalue weighted by Crippen LogP contribution is 2.44. The van der Waals surface area contributed by atoms with Crippen molar-refractivity contribution < 1.29 is 23.8 Å². The largest absolute Gasteiger partial charge is 0.465 e. The maximum absolute atomic E-state index is 12.7. The highest BCUT2D eigenvalue weighted by molar-refractivity contribution is 5.82. The maximum Gasteiger partial charge on any atom is 0.309 e. The van der Waals surface area contributed by atoms with Gasteiger partial charge in [-0.05, 0) is 51.4 Å². The van der Waals surface area contributed by atoms with E-state index in [4.69, 9.17) is 14.2 Å². The molecule has 5 heteroatoms. The maximum atomic E-state index is 12.7. The summed E-state index contributed by atoms with van der Waals surface area (Å²) < 4.78 is 16.8. The van der Waals surface area contributed by atoms with Crippen LogP contribution >= 0.6 is 0 Å². The summed E-state index contributed by atoms with van der Waals surface area (Å²) in [6.45, 7) is 0.824. The molecule has 0 bridgehead atoms. The summed E-state index contributed by atoms with van der Waals surface area (Å²) >= 11 is 0. The van der Waals surface area contributed by atoms with Crippen molar-refractivity contribution >= 4 is 11.9 Å². The third kappa shape index (κ3) is 4.81. The SMILES string of the molecule is O=C(OCC1C=CCCC1)C1CC2OC2CC1C(=O)OCC1C=CCCC1. The molecule has 2 fully saturated rings. The van der Waals surface area contributed by atoms with Gasteiger partial charge in [0.1, 0.15) is 0 Å². The number of carbonyl (C=O) groups is 2. The molecule has 6 unspecified atom stereocenters. The minimum Gasteiger partial charge on any atom is -0.465 e. The average Bonchev–Trinajstić information content (AvgIpc) is 3.49. The third-order valence-corrected chi connectivity index (χ3v) is 6.34. The van der Waals surface area contributed by atoms with Crippen LogP contribution in [0.25, 0.3) is 0 Å². The molecule has 0 aromatic heterocycles. The number of fused-ring (bicyclic) bond motifs is 1. The lowest BCUT2D eigenvalue weighted by atomic mass is 9.79. The minimum absolute atomic E-state index is 0.113. The molecule has 27 heavy (non-hydrogen) atoms. The van der Waals surface area contributed by atoms with Crippen LogP contribution in [0, 0.1) is 23.7 Å². The van der Waals surface area contributed by atoms with Crippen molar-refractivity contribution in [1.29, 1.82) is 0 Å². The third-order valence-electron chi connectivity index (χ3n) is 6.34. The molecule has 3 aliphatic carbocycles. The van der Waals surface area contributed by atoms with E-state index in [1.54, 1.807) is 0 Å². The molecule has 0 amide bonds. The molecule has 0 N–H and O–H groups in total. The van der Waals surface area contributed by atoms with Gasteiger partial charge in [0.05, 0.1) is 37.3 Å². The van der Waals surface area contributed by atoms with E-state index < -0.39 is 11.8 Å². The number of hydrogen-bond acceptors (Lipinski definition) is 5. The van der Waals surface area contributed by atoms with Gasteiger partial charge in [-0.25, -0.2) is 0 Å². The zero-order valence-corrected chi connectivity index (χ0v) is 15.9. The fourth-order valence-corrected chi connectivity index (χ4v) is 4.58. The summed E-state index contributed by atoms with van der Waals surface area (Å²) in [4.78, 5) is 25.4. The van der Waals surface area contributed by atoms with Crippen molar-refractivity contribution in [3.63, 3.8) is 0 Å². The minimum atomic E-state index is -0.435. The van der Waals surface area contributed by atoms with E-state index in [1.807, 2.05) is 0 Å². The van der Waals surface area contributed by atoms with Gasteiger partial charge in [0.15, 0.2) is 0 Å². The number of hydrogen-bond donors (Lipinski definition) is 0. The summed E-state index contributed by atoms with van der Waals surface area (Å²) in [5, 5.41) is 0. The van der Waals surface area contributed by atoms with Crippen molar-refractivity contribution in [3.05, 3.63) is 24.3 Å². The molecular weight excluding hydrogens is 344 g/mol. The number of ether oxygens (including phenoxy) is 3. The Morgan fingerprint density at radius 1 is 0.815 bits per heavy atom. The van der Waals surface area contributed by atoms with Crippen LogP contribution in [0.1, 0.15) is 51.4 Å². The molecule has 0 radical (unpaired) electrons. The van der Waals surface area contributed by atoms with Gasteiger partial charge in [-0.15, -0.1) is 0 Å².